The summed E-state index contributed by atoms with van der Waals surface area (Å²) < 4.78 is 27.1. The summed E-state index contributed by atoms with van der Waals surface area (Å²) in [6.45, 7) is -1.43. The molecular weight excluding hydrogens is 596 g/mol. The van der Waals surface area contributed by atoms with Crippen LogP contribution >= 0.6 is 0 Å². The van der Waals surface area contributed by atoms with Crippen molar-refractivity contribution in [1.82, 2.24) is 0 Å². The van der Waals surface area contributed by atoms with E-state index >= 15 is 0 Å². The number of phenolic OH excluding ortho intramolecular Hbond substituents is 2. The molecule has 0 amide bonds. The van der Waals surface area contributed by atoms with Crippen LogP contribution < -0.4 is 14.9 Å². The lowest BCUT2D eigenvalue weighted by atomic mass is 9.99. The maximum absolute atomic E-state index is 13.0. The first kappa shape index (κ1) is 31.7. The van der Waals surface area contributed by atoms with E-state index in [9.17, 15) is 61.0 Å². The normalized spacial score (nSPS) is 32.5. The number of benzene rings is 2. The van der Waals surface area contributed by atoms with Crippen LogP contribution in [0.2, 0.25) is 0 Å². The number of rotatable bonds is 7. The van der Waals surface area contributed by atoms with Gasteiger partial charge >= 0.3 is 0 Å². The fraction of sp³-hybridized carbons (Fsp3) is 0.444. The zero-order valence-corrected chi connectivity index (χ0v) is 22.4. The van der Waals surface area contributed by atoms with Crippen LogP contribution in [0.5, 0.6) is 28.7 Å². The molecule has 2 saturated heterocycles. The fourth-order valence-electron chi connectivity index (χ4n) is 4.88. The van der Waals surface area contributed by atoms with E-state index in [1.54, 1.807) is 0 Å². The van der Waals surface area contributed by atoms with Crippen molar-refractivity contribution in [1.29, 1.82) is 0 Å². The molecule has 240 valence electrons. The summed E-state index contributed by atoms with van der Waals surface area (Å²) in [5, 5.41) is 110. The zero-order valence-electron chi connectivity index (χ0n) is 22.4. The molecule has 5 rings (SSSR count). The minimum Gasteiger partial charge on any atom is -0.507 e. The summed E-state index contributed by atoms with van der Waals surface area (Å²) >= 11 is 0. The van der Waals surface area contributed by atoms with Crippen molar-refractivity contribution in [3.63, 3.8) is 0 Å². The Bertz CT molecular complexity index is 1550. The SMILES string of the molecule is O=c1c(O)c(-c2ccc(O[C@H]3O[C@@H](CO)[C@H](O)[C@H](O)[C@@H]3O)c(O)c2)oc2cc(O[C@H]3O[C@@H](CO)[C@H](O)[C@H](O)[C@@H]3O)cc(O)c12. The topological polar surface area (TPSA) is 290 Å². The highest BCUT2D eigenvalue weighted by atomic mass is 16.7. The lowest BCUT2D eigenvalue weighted by Crippen LogP contribution is -2.60. The van der Waals surface area contributed by atoms with E-state index < -0.39 is 108 Å². The van der Waals surface area contributed by atoms with Gasteiger partial charge < -0.3 is 79.5 Å². The third-order valence-corrected chi connectivity index (χ3v) is 7.34. The molecule has 0 saturated carbocycles. The van der Waals surface area contributed by atoms with Crippen LogP contribution in [0, 0.1) is 0 Å². The van der Waals surface area contributed by atoms with Crippen LogP contribution in [-0.4, -0.2) is 131 Å². The smallest absolute Gasteiger partial charge is 0.238 e. The van der Waals surface area contributed by atoms with Gasteiger partial charge in [-0.05, 0) is 18.2 Å². The lowest BCUT2D eigenvalue weighted by Gasteiger charge is -2.39. The van der Waals surface area contributed by atoms with E-state index in [0.717, 1.165) is 24.3 Å². The molecule has 0 radical (unpaired) electrons. The first-order chi connectivity index (χ1) is 20.9. The van der Waals surface area contributed by atoms with Crippen molar-refractivity contribution in [3.8, 4) is 40.1 Å². The monoisotopic (exact) mass is 626 g/mol. The molecule has 0 spiro atoms. The molecule has 11 N–H and O–H groups in total. The van der Waals surface area contributed by atoms with Gasteiger partial charge in [-0.1, -0.05) is 0 Å². The Labute approximate surface area is 246 Å². The molecule has 0 bridgehead atoms. The third-order valence-electron chi connectivity index (χ3n) is 7.34. The van der Waals surface area contributed by atoms with Crippen LogP contribution in [0.4, 0.5) is 0 Å². The summed E-state index contributed by atoms with van der Waals surface area (Å²) in [5.41, 5.74) is -1.47. The predicted molar refractivity (Wildman–Crippen MR) is 142 cm³/mol. The molecular formula is C27H30O17. The summed E-state index contributed by atoms with van der Waals surface area (Å²) in [4.78, 5) is 13.0. The Morgan fingerprint density at radius 2 is 1.25 bits per heavy atom. The van der Waals surface area contributed by atoms with Gasteiger partial charge in [-0.15, -0.1) is 0 Å². The van der Waals surface area contributed by atoms with Gasteiger partial charge in [0.1, 0.15) is 71.3 Å². The van der Waals surface area contributed by atoms with Crippen molar-refractivity contribution >= 4 is 11.0 Å². The van der Waals surface area contributed by atoms with E-state index in [1.165, 1.54) is 6.07 Å². The number of ether oxygens (including phenoxy) is 4. The highest BCUT2D eigenvalue weighted by Crippen LogP contribution is 2.39. The number of aliphatic hydroxyl groups is 8. The van der Waals surface area contributed by atoms with Crippen molar-refractivity contribution < 1.29 is 79.5 Å². The quantitative estimate of drug-likeness (QED) is 0.124. The molecule has 2 aliphatic rings. The summed E-state index contributed by atoms with van der Waals surface area (Å²) in [6.07, 6.45) is -16.1. The molecule has 2 aliphatic heterocycles. The van der Waals surface area contributed by atoms with Crippen LogP contribution in [-0.2, 0) is 9.47 Å². The van der Waals surface area contributed by atoms with Gasteiger partial charge in [0.2, 0.25) is 23.8 Å². The Morgan fingerprint density at radius 3 is 1.80 bits per heavy atom. The number of aromatic hydroxyl groups is 3. The average molecular weight is 627 g/mol. The van der Waals surface area contributed by atoms with Crippen LogP contribution in [0.1, 0.15) is 0 Å². The summed E-state index contributed by atoms with van der Waals surface area (Å²) in [5.74, 6) is -3.27. The number of fused-ring (bicyclic) bond motifs is 1. The minimum atomic E-state index is -1.78. The van der Waals surface area contributed by atoms with E-state index in [0.29, 0.717) is 0 Å². The first-order valence-electron chi connectivity index (χ1n) is 13.2. The molecule has 3 aromatic rings. The van der Waals surface area contributed by atoms with Crippen molar-refractivity contribution in [2.45, 2.75) is 61.4 Å². The summed E-state index contributed by atoms with van der Waals surface area (Å²) in [7, 11) is 0. The van der Waals surface area contributed by atoms with Crippen molar-refractivity contribution in [2.75, 3.05) is 13.2 Å². The van der Waals surface area contributed by atoms with E-state index in [4.69, 9.17) is 23.4 Å². The largest absolute Gasteiger partial charge is 0.507 e. The number of hydrogen-bond acceptors (Lipinski definition) is 17. The van der Waals surface area contributed by atoms with Gasteiger partial charge in [-0.3, -0.25) is 4.79 Å². The summed E-state index contributed by atoms with van der Waals surface area (Å²) in [6, 6.07) is 5.42. The molecule has 2 fully saturated rings. The van der Waals surface area contributed by atoms with Gasteiger partial charge in [0.25, 0.3) is 0 Å². The molecule has 0 unspecified atom stereocenters. The highest BCUT2D eigenvalue weighted by Gasteiger charge is 2.46. The van der Waals surface area contributed by atoms with E-state index in [-0.39, 0.29) is 22.6 Å². The van der Waals surface area contributed by atoms with E-state index in [1.807, 2.05) is 0 Å². The number of aliphatic hydroxyl groups excluding tert-OH is 8. The Kier molecular flexibility index (Phi) is 8.87. The highest BCUT2D eigenvalue weighted by molar-refractivity contribution is 5.88. The standard InChI is InChI=1S/C27H30O17/c28-6-14-17(32)20(35)23(38)26(43-14)40-9-4-11(31)16-13(5-9)41-25(22(37)19(16)34)8-1-2-12(10(30)3-8)42-27-24(39)21(36)18(33)15(7-29)44-27/h1-5,14-15,17-18,20-21,23-24,26-33,35-39H,6-7H2/t14-,15-,17-,18-,20-,21-,23-,24-,26-,27-/m0/s1. The van der Waals surface area contributed by atoms with E-state index in [2.05, 4.69) is 0 Å². The molecule has 44 heavy (non-hydrogen) atoms. The third kappa shape index (κ3) is 5.61. The van der Waals surface area contributed by atoms with Crippen molar-refractivity contribution in [2.24, 2.45) is 0 Å². The zero-order chi connectivity index (χ0) is 32.0. The van der Waals surface area contributed by atoms with Gasteiger partial charge in [0.05, 0.1) is 13.2 Å². The van der Waals surface area contributed by atoms with Crippen LogP contribution in [0.25, 0.3) is 22.3 Å². The van der Waals surface area contributed by atoms with Gasteiger partial charge in [-0.2, -0.15) is 0 Å². The maximum atomic E-state index is 13.0. The Hall–Kier alpha value is -3.75. The molecule has 10 atom stereocenters. The Morgan fingerprint density at radius 1 is 0.682 bits per heavy atom. The van der Waals surface area contributed by atoms with Gasteiger partial charge in [0.15, 0.2) is 17.3 Å². The molecule has 3 heterocycles. The maximum Gasteiger partial charge on any atom is 0.238 e. The fourth-order valence-corrected chi connectivity index (χ4v) is 4.88. The second-order valence-corrected chi connectivity index (χ2v) is 10.2. The van der Waals surface area contributed by atoms with Gasteiger partial charge in [-0.25, -0.2) is 0 Å². The number of hydrogen-bond donors (Lipinski definition) is 11. The number of phenols is 2. The van der Waals surface area contributed by atoms with Gasteiger partial charge in [0, 0.05) is 17.7 Å². The molecule has 17 nitrogen and oxygen atoms in total. The van der Waals surface area contributed by atoms with Crippen LogP contribution in [0.3, 0.4) is 0 Å². The van der Waals surface area contributed by atoms with Crippen LogP contribution in [0.15, 0.2) is 39.5 Å². The second kappa shape index (κ2) is 12.3. The predicted octanol–water partition coefficient (Wildman–Crippen LogP) is -3.07. The first-order valence-corrected chi connectivity index (χ1v) is 13.2. The van der Waals surface area contributed by atoms with Crippen molar-refractivity contribution in [3.05, 3.63) is 40.6 Å². The molecule has 1 aromatic heterocycles. The molecule has 17 heteroatoms. The molecule has 2 aromatic carbocycles. The lowest BCUT2D eigenvalue weighted by molar-refractivity contribution is -0.277. The second-order valence-electron chi connectivity index (χ2n) is 10.2. The molecule has 0 aliphatic carbocycles. The average Bonchev–Trinajstić information content (AvgIpc) is 3.00. The minimum absolute atomic E-state index is 0.0695. The Balaban J connectivity index is 1.44.